The van der Waals surface area contributed by atoms with E-state index >= 15 is 0 Å². The van der Waals surface area contributed by atoms with Gasteiger partial charge in [0.25, 0.3) is 0 Å². The fourth-order valence-corrected chi connectivity index (χ4v) is 2.67. The predicted molar refractivity (Wildman–Crippen MR) is 96.2 cm³/mol. The third kappa shape index (κ3) is 4.96. The van der Waals surface area contributed by atoms with Gasteiger partial charge in [0, 0.05) is 4.88 Å². The number of thiazole rings is 1. The predicted octanol–water partition coefficient (Wildman–Crippen LogP) is 4.39. The van der Waals surface area contributed by atoms with Gasteiger partial charge in [-0.3, -0.25) is 5.43 Å². The molecule has 0 amide bonds. The zero-order valence-electron chi connectivity index (χ0n) is 14.2. The molecule has 0 saturated carbocycles. The van der Waals surface area contributed by atoms with Crippen LogP contribution in [0.1, 0.15) is 36.9 Å². The van der Waals surface area contributed by atoms with Gasteiger partial charge in [-0.15, -0.1) is 11.3 Å². The van der Waals surface area contributed by atoms with Gasteiger partial charge in [-0.05, 0) is 58.4 Å². The number of ether oxygens (including phenoxy) is 2. The summed E-state index contributed by atoms with van der Waals surface area (Å²) in [7, 11) is 0. The van der Waals surface area contributed by atoms with E-state index in [9.17, 15) is 0 Å². The Labute approximate surface area is 141 Å². The van der Waals surface area contributed by atoms with E-state index in [1.807, 2.05) is 52.8 Å². The number of benzene rings is 1. The Morgan fingerprint density at radius 1 is 1.30 bits per heavy atom. The number of hydrazone groups is 1. The molecule has 1 aromatic heterocycles. The number of aromatic nitrogens is 1. The minimum Gasteiger partial charge on any atom is -0.490 e. The first-order chi connectivity index (χ1) is 11.0. The minimum absolute atomic E-state index is 0.103. The van der Waals surface area contributed by atoms with Crippen molar-refractivity contribution in [3.8, 4) is 11.5 Å². The van der Waals surface area contributed by atoms with Gasteiger partial charge < -0.3 is 9.47 Å². The summed E-state index contributed by atoms with van der Waals surface area (Å²) in [5.74, 6) is 1.48. The standard InChI is InChI=1S/C17H23N3O2S/c1-6-21-16-9-14(7-8-15(16)22-11(2)3)10-18-20-17-19-12(4)13(5)23-17/h7-11H,6H2,1-5H3,(H,19,20)/b18-10+. The smallest absolute Gasteiger partial charge is 0.203 e. The second-order valence-corrected chi connectivity index (χ2v) is 6.54. The molecule has 0 radical (unpaired) electrons. The van der Waals surface area contributed by atoms with Crippen LogP contribution in [0.5, 0.6) is 11.5 Å². The van der Waals surface area contributed by atoms with Crippen LogP contribution in [0, 0.1) is 13.8 Å². The summed E-state index contributed by atoms with van der Waals surface area (Å²) in [6.07, 6.45) is 1.85. The molecule has 2 rings (SSSR count). The Balaban J connectivity index is 2.09. The van der Waals surface area contributed by atoms with Crippen LogP contribution >= 0.6 is 11.3 Å². The first kappa shape index (κ1) is 17.3. The second kappa shape index (κ2) is 7.97. The van der Waals surface area contributed by atoms with Crippen LogP contribution in [-0.4, -0.2) is 23.9 Å². The van der Waals surface area contributed by atoms with E-state index in [1.54, 1.807) is 17.6 Å². The third-order valence-electron chi connectivity index (χ3n) is 3.03. The molecular weight excluding hydrogens is 310 g/mol. The van der Waals surface area contributed by atoms with Crippen molar-refractivity contribution >= 4 is 22.7 Å². The van der Waals surface area contributed by atoms with Crippen molar-refractivity contribution in [2.75, 3.05) is 12.0 Å². The van der Waals surface area contributed by atoms with E-state index in [0.29, 0.717) is 6.61 Å². The van der Waals surface area contributed by atoms with Crippen molar-refractivity contribution in [1.82, 2.24) is 4.98 Å². The first-order valence-electron chi connectivity index (χ1n) is 7.66. The van der Waals surface area contributed by atoms with Gasteiger partial charge in [-0.1, -0.05) is 0 Å². The molecule has 6 heteroatoms. The van der Waals surface area contributed by atoms with Crippen LogP contribution in [0.4, 0.5) is 5.13 Å². The Kier molecular flexibility index (Phi) is 5.98. The van der Waals surface area contributed by atoms with E-state index in [-0.39, 0.29) is 6.10 Å². The molecule has 23 heavy (non-hydrogen) atoms. The van der Waals surface area contributed by atoms with Gasteiger partial charge in [0.2, 0.25) is 5.13 Å². The lowest BCUT2D eigenvalue weighted by Crippen LogP contribution is -2.07. The average molecular weight is 333 g/mol. The maximum absolute atomic E-state index is 5.75. The molecule has 0 spiro atoms. The quantitative estimate of drug-likeness (QED) is 0.603. The van der Waals surface area contributed by atoms with Crippen LogP contribution in [0.15, 0.2) is 23.3 Å². The van der Waals surface area contributed by atoms with Crippen LogP contribution < -0.4 is 14.9 Å². The number of nitrogens with one attached hydrogen (secondary N) is 1. The van der Waals surface area contributed by atoms with E-state index in [2.05, 4.69) is 15.5 Å². The molecule has 1 aromatic carbocycles. The third-order valence-corrected chi connectivity index (χ3v) is 4.01. The summed E-state index contributed by atoms with van der Waals surface area (Å²) in [5.41, 5.74) is 4.92. The van der Waals surface area contributed by atoms with Crippen molar-refractivity contribution in [2.24, 2.45) is 5.10 Å². The van der Waals surface area contributed by atoms with E-state index < -0.39 is 0 Å². The minimum atomic E-state index is 0.103. The molecule has 2 aromatic rings. The van der Waals surface area contributed by atoms with Gasteiger partial charge in [-0.2, -0.15) is 5.10 Å². The lowest BCUT2D eigenvalue weighted by Gasteiger charge is -2.14. The highest BCUT2D eigenvalue weighted by Crippen LogP contribution is 2.29. The fraction of sp³-hybridized carbons (Fsp3) is 0.412. The summed E-state index contributed by atoms with van der Waals surface area (Å²) in [4.78, 5) is 5.58. The molecule has 0 bridgehead atoms. The fourth-order valence-electron chi connectivity index (χ4n) is 1.91. The average Bonchev–Trinajstić information content (AvgIpc) is 2.80. The number of nitrogens with zero attached hydrogens (tertiary/aromatic N) is 2. The van der Waals surface area contributed by atoms with E-state index in [4.69, 9.17) is 9.47 Å². The van der Waals surface area contributed by atoms with Crippen molar-refractivity contribution in [3.63, 3.8) is 0 Å². The maximum atomic E-state index is 5.75. The second-order valence-electron chi connectivity index (χ2n) is 5.34. The van der Waals surface area contributed by atoms with Crippen molar-refractivity contribution in [1.29, 1.82) is 0 Å². The van der Waals surface area contributed by atoms with Gasteiger partial charge in [-0.25, -0.2) is 4.98 Å². The van der Waals surface area contributed by atoms with Crippen LogP contribution in [-0.2, 0) is 0 Å². The summed E-state index contributed by atoms with van der Waals surface area (Å²) >= 11 is 1.59. The molecular formula is C17H23N3O2S. The summed E-state index contributed by atoms with van der Waals surface area (Å²) in [5, 5.41) is 5.03. The molecule has 0 aliphatic heterocycles. The monoisotopic (exact) mass is 333 g/mol. The lowest BCUT2D eigenvalue weighted by molar-refractivity contribution is 0.224. The van der Waals surface area contributed by atoms with Gasteiger partial charge in [0.1, 0.15) is 0 Å². The molecule has 124 valence electrons. The van der Waals surface area contributed by atoms with Crippen LogP contribution in [0.2, 0.25) is 0 Å². The SMILES string of the molecule is CCOc1cc(/C=N/Nc2nc(C)c(C)s2)ccc1OC(C)C. The normalized spacial score (nSPS) is 11.2. The number of anilines is 1. The van der Waals surface area contributed by atoms with E-state index in [0.717, 1.165) is 27.9 Å². The molecule has 0 saturated heterocycles. The Morgan fingerprint density at radius 3 is 2.70 bits per heavy atom. The Bertz CT molecular complexity index is 661. The number of hydrogen-bond donors (Lipinski definition) is 1. The number of hydrogen-bond acceptors (Lipinski definition) is 6. The van der Waals surface area contributed by atoms with Crippen LogP contribution in [0.3, 0.4) is 0 Å². The number of rotatable bonds is 7. The van der Waals surface area contributed by atoms with Crippen molar-refractivity contribution in [3.05, 3.63) is 34.3 Å². The summed E-state index contributed by atoms with van der Waals surface area (Å²) < 4.78 is 11.4. The lowest BCUT2D eigenvalue weighted by atomic mass is 10.2. The van der Waals surface area contributed by atoms with Gasteiger partial charge >= 0.3 is 0 Å². The molecule has 0 aliphatic rings. The zero-order valence-corrected chi connectivity index (χ0v) is 15.0. The molecule has 1 N–H and O–H groups in total. The highest BCUT2D eigenvalue weighted by Gasteiger charge is 2.07. The molecule has 1 heterocycles. The first-order valence-corrected chi connectivity index (χ1v) is 8.47. The van der Waals surface area contributed by atoms with E-state index in [1.165, 1.54) is 4.88 Å². The number of aryl methyl sites for hydroxylation is 2. The van der Waals surface area contributed by atoms with Gasteiger partial charge in [0.15, 0.2) is 11.5 Å². The molecule has 0 unspecified atom stereocenters. The molecule has 0 atom stereocenters. The summed E-state index contributed by atoms with van der Waals surface area (Å²) in [6, 6.07) is 5.78. The van der Waals surface area contributed by atoms with Crippen molar-refractivity contribution in [2.45, 2.75) is 40.7 Å². The topological polar surface area (TPSA) is 55.7 Å². The van der Waals surface area contributed by atoms with Gasteiger partial charge in [0.05, 0.1) is 24.6 Å². The zero-order chi connectivity index (χ0) is 16.8. The largest absolute Gasteiger partial charge is 0.490 e. The molecule has 0 fully saturated rings. The maximum Gasteiger partial charge on any atom is 0.203 e. The summed E-state index contributed by atoms with van der Waals surface area (Å²) in [6.45, 7) is 10.6. The molecule has 0 aliphatic carbocycles. The highest BCUT2D eigenvalue weighted by atomic mass is 32.1. The Morgan fingerprint density at radius 2 is 2.09 bits per heavy atom. The highest BCUT2D eigenvalue weighted by molar-refractivity contribution is 7.15. The van der Waals surface area contributed by atoms with Crippen LogP contribution in [0.25, 0.3) is 0 Å². The molecule has 5 nitrogen and oxygen atoms in total. The van der Waals surface area contributed by atoms with Crippen molar-refractivity contribution < 1.29 is 9.47 Å². The Hall–Kier alpha value is -2.08.